The molecule has 3 nitrogen and oxygen atoms in total. The van der Waals surface area contributed by atoms with Crippen LogP contribution in [0, 0.1) is 0 Å². The summed E-state index contributed by atoms with van der Waals surface area (Å²) in [4.78, 5) is 11.0. The molecular formula is C14H20ClNO2S. The standard InChI is InChI=1S/C14H20ClNO2S/c1-2-8-16-13(14(17)18)7-9-19-10-11-3-5-12(15)6-4-11/h3-6,13,16H,2,7-10H2,1H3,(H,17,18). The summed E-state index contributed by atoms with van der Waals surface area (Å²) in [5.41, 5.74) is 1.21. The zero-order chi connectivity index (χ0) is 14.1. The van der Waals surface area contributed by atoms with Crippen LogP contribution >= 0.6 is 23.4 Å². The Labute approximate surface area is 123 Å². The number of hydrogen-bond donors (Lipinski definition) is 2. The van der Waals surface area contributed by atoms with Gasteiger partial charge >= 0.3 is 5.97 Å². The van der Waals surface area contributed by atoms with Crippen LogP contribution in [-0.4, -0.2) is 29.4 Å². The highest BCUT2D eigenvalue weighted by atomic mass is 35.5. The zero-order valence-electron chi connectivity index (χ0n) is 11.1. The van der Waals surface area contributed by atoms with E-state index < -0.39 is 12.0 Å². The molecule has 106 valence electrons. The highest BCUT2D eigenvalue weighted by Crippen LogP contribution is 2.16. The molecule has 0 aliphatic heterocycles. The van der Waals surface area contributed by atoms with E-state index in [0.717, 1.165) is 29.5 Å². The smallest absolute Gasteiger partial charge is 0.320 e. The maximum Gasteiger partial charge on any atom is 0.320 e. The molecule has 0 aromatic heterocycles. The van der Waals surface area contributed by atoms with Crippen LogP contribution < -0.4 is 5.32 Å². The predicted octanol–water partition coefficient (Wildman–Crippen LogP) is 3.42. The van der Waals surface area contributed by atoms with Gasteiger partial charge in [0.05, 0.1) is 0 Å². The van der Waals surface area contributed by atoms with Gasteiger partial charge in [-0.1, -0.05) is 30.7 Å². The molecule has 1 unspecified atom stereocenters. The van der Waals surface area contributed by atoms with Gasteiger partial charge in [-0.2, -0.15) is 11.8 Å². The molecule has 0 heterocycles. The lowest BCUT2D eigenvalue weighted by Crippen LogP contribution is -2.37. The second-order valence-corrected chi connectivity index (χ2v) is 5.85. The summed E-state index contributed by atoms with van der Waals surface area (Å²) < 4.78 is 0. The third kappa shape index (κ3) is 6.85. The van der Waals surface area contributed by atoms with E-state index >= 15 is 0 Å². The fraction of sp³-hybridized carbons (Fsp3) is 0.500. The zero-order valence-corrected chi connectivity index (χ0v) is 12.6. The number of rotatable bonds is 9. The van der Waals surface area contributed by atoms with Gasteiger partial charge in [-0.25, -0.2) is 0 Å². The molecule has 0 fully saturated rings. The molecule has 0 radical (unpaired) electrons. The van der Waals surface area contributed by atoms with Crippen LogP contribution in [0.1, 0.15) is 25.3 Å². The number of hydrogen-bond acceptors (Lipinski definition) is 3. The first-order valence-corrected chi connectivity index (χ1v) is 7.95. The fourth-order valence-electron chi connectivity index (χ4n) is 1.60. The lowest BCUT2D eigenvalue weighted by atomic mass is 10.2. The topological polar surface area (TPSA) is 49.3 Å². The molecule has 0 amide bonds. The largest absolute Gasteiger partial charge is 0.480 e. The number of carboxylic acids is 1. The SMILES string of the molecule is CCCNC(CCSCc1ccc(Cl)cc1)C(=O)O. The summed E-state index contributed by atoms with van der Waals surface area (Å²) in [5, 5.41) is 12.8. The monoisotopic (exact) mass is 301 g/mol. The third-order valence-electron chi connectivity index (χ3n) is 2.67. The van der Waals surface area contributed by atoms with Crippen molar-refractivity contribution in [2.45, 2.75) is 31.6 Å². The second kappa shape index (κ2) is 9.23. The maximum absolute atomic E-state index is 11.0. The molecule has 0 bridgehead atoms. The van der Waals surface area contributed by atoms with Crippen LogP contribution in [0.4, 0.5) is 0 Å². The Bertz CT molecular complexity index is 384. The van der Waals surface area contributed by atoms with E-state index in [1.807, 2.05) is 31.2 Å². The van der Waals surface area contributed by atoms with Crippen LogP contribution in [0.15, 0.2) is 24.3 Å². The molecular weight excluding hydrogens is 282 g/mol. The molecule has 0 saturated heterocycles. The maximum atomic E-state index is 11.0. The molecule has 0 spiro atoms. The van der Waals surface area contributed by atoms with E-state index in [4.69, 9.17) is 16.7 Å². The Morgan fingerprint density at radius 1 is 1.42 bits per heavy atom. The van der Waals surface area contributed by atoms with E-state index in [2.05, 4.69) is 5.32 Å². The van der Waals surface area contributed by atoms with E-state index in [1.54, 1.807) is 11.8 Å². The molecule has 0 aliphatic carbocycles. The molecule has 19 heavy (non-hydrogen) atoms. The number of carbonyl (C=O) groups is 1. The van der Waals surface area contributed by atoms with Crippen LogP contribution in [-0.2, 0) is 10.5 Å². The van der Waals surface area contributed by atoms with Gasteiger partial charge in [0, 0.05) is 10.8 Å². The summed E-state index contributed by atoms with van der Waals surface area (Å²) in [7, 11) is 0. The van der Waals surface area contributed by atoms with Crippen molar-refractivity contribution in [3.05, 3.63) is 34.9 Å². The van der Waals surface area contributed by atoms with Gasteiger partial charge in [-0.3, -0.25) is 4.79 Å². The van der Waals surface area contributed by atoms with Crippen LogP contribution in [0.5, 0.6) is 0 Å². The Kier molecular flexibility index (Phi) is 7.94. The molecule has 1 rings (SSSR count). The average Bonchev–Trinajstić information content (AvgIpc) is 2.39. The molecule has 1 atom stereocenters. The minimum Gasteiger partial charge on any atom is -0.480 e. The summed E-state index contributed by atoms with van der Waals surface area (Å²) in [6, 6.07) is 7.32. The van der Waals surface area contributed by atoms with Crippen LogP contribution in [0.2, 0.25) is 5.02 Å². The fourth-order valence-corrected chi connectivity index (χ4v) is 2.70. The number of nitrogens with one attached hydrogen (secondary N) is 1. The summed E-state index contributed by atoms with van der Waals surface area (Å²) >= 11 is 7.56. The third-order valence-corrected chi connectivity index (χ3v) is 3.99. The van der Waals surface area contributed by atoms with Gasteiger partial charge in [-0.05, 0) is 42.8 Å². The normalized spacial score (nSPS) is 12.3. The Balaban J connectivity index is 2.24. The van der Waals surface area contributed by atoms with Crippen LogP contribution in [0.3, 0.4) is 0 Å². The second-order valence-electron chi connectivity index (χ2n) is 4.31. The summed E-state index contributed by atoms with van der Waals surface area (Å²) in [6.07, 6.45) is 1.59. The summed E-state index contributed by atoms with van der Waals surface area (Å²) in [6.45, 7) is 2.78. The minimum atomic E-state index is -0.763. The number of thioether (sulfide) groups is 1. The molecule has 0 saturated carbocycles. The van der Waals surface area contributed by atoms with E-state index in [0.29, 0.717) is 6.42 Å². The number of aliphatic carboxylic acids is 1. The number of halogens is 1. The van der Waals surface area contributed by atoms with Gasteiger partial charge in [0.25, 0.3) is 0 Å². The Morgan fingerprint density at radius 2 is 2.11 bits per heavy atom. The average molecular weight is 302 g/mol. The lowest BCUT2D eigenvalue weighted by molar-refractivity contribution is -0.139. The van der Waals surface area contributed by atoms with Crippen molar-refractivity contribution in [2.75, 3.05) is 12.3 Å². The van der Waals surface area contributed by atoms with Crippen molar-refractivity contribution in [1.82, 2.24) is 5.32 Å². The molecule has 0 aliphatic rings. The number of benzene rings is 1. The van der Waals surface area contributed by atoms with Crippen molar-refractivity contribution in [2.24, 2.45) is 0 Å². The van der Waals surface area contributed by atoms with Gasteiger partial charge < -0.3 is 10.4 Å². The van der Waals surface area contributed by atoms with Crippen LogP contribution in [0.25, 0.3) is 0 Å². The number of carboxylic acid groups (broad SMARTS) is 1. The minimum absolute atomic E-state index is 0.433. The first-order valence-electron chi connectivity index (χ1n) is 6.42. The first kappa shape index (κ1) is 16.3. The Hall–Kier alpha value is -0.710. The predicted molar refractivity (Wildman–Crippen MR) is 81.9 cm³/mol. The van der Waals surface area contributed by atoms with Gasteiger partial charge in [0.2, 0.25) is 0 Å². The van der Waals surface area contributed by atoms with Gasteiger partial charge in [0.15, 0.2) is 0 Å². The highest BCUT2D eigenvalue weighted by Gasteiger charge is 2.15. The summed E-state index contributed by atoms with van der Waals surface area (Å²) in [5.74, 6) is 0.952. The first-order chi connectivity index (χ1) is 9.13. The van der Waals surface area contributed by atoms with E-state index in [-0.39, 0.29) is 0 Å². The molecule has 5 heteroatoms. The molecule has 1 aromatic carbocycles. The lowest BCUT2D eigenvalue weighted by Gasteiger charge is -2.13. The van der Waals surface area contributed by atoms with Gasteiger partial charge in [0.1, 0.15) is 6.04 Å². The van der Waals surface area contributed by atoms with Crippen molar-refractivity contribution in [3.63, 3.8) is 0 Å². The van der Waals surface area contributed by atoms with E-state index in [1.165, 1.54) is 5.56 Å². The quantitative estimate of drug-likeness (QED) is 0.686. The van der Waals surface area contributed by atoms with E-state index in [9.17, 15) is 4.79 Å². The molecule has 2 N–H and O–H groups in total. The van der Waals surface area contributed by atoms with Crippen molar-refractivity contribution in [3.8, 4) is 0 Å². The van der Waals surface area contributed by atoms with Crippen molar-refractivity contribution >= 4 is 29.3 Å². The van der Waals surface area contributed by atoms with Gasteiger partial charge in [-0.15, -0.1) is 0 Å². The van der Waals surface area contributed by atoms with Crippen molar-refractivity contribution < 1.29 is 9.90 Å². The highest BCUT2D eigenvalue weighted by molar-refractivity contribution is 7.98. The molecule has 1 aromatic rings. The van der Waals surface area contributed by atoms with Crippen molar-refractivity contribution in [1.29, 1.82) is 0 Å². The Morgan fingerprint density at radius 3 is 2.68 bits per heavy atom.